The molecule has 0 fully saturated rings. The van der Waals surface area contributed by atoms with Crippen molar-refractivity contribution in [2.45, 2.75) is 47.1 Å². The van der Waals surface area contributed by atoms with Crippen molar-refractivity contribution in [1.82, 2.24) is 10.3 Å². The fraction of sp³-hybridized carbons (Fsp3) is 0.562. The molecule has 0 unspecified atom stereocenters. The van der Waals surface area contributed by atoms with E-state index in [9.17, 15) is 14.4 Å². The van der Waals surface area contributed by atoms with Gasteiger partial charge < -0.3 is 19.8 Å². The molecule has 1 aromatic rings. The summed E-state index contributed by atoms with van der Waals surface area (Å²) in [5.41, 5.74) is 1.45. The Balaban J connectivity index is 2.79. The predicted molar refractivity (Wildman–Crippen MR) is 84.4 cm³/mol. The summed E-state index contributed by atoms with van der Waals surface area (Å²) in [6.07, 6.45) is 0.546. The third-order valence-electron chi connectivity index (χ3n) is 3.10. The molecule has 1 aromatic heterocycles. The lowest BCUT2D eigenvalue weighted by atomic mass is 10.1. The van der Waals surface area contributed by atoms with Crippen LogP contribution < -0.4 is 5.32 Å². The van der Waals surface area contributed by atoms with E-state index < -0.39 is 11.9 Å². The maximum Gasteiger partial charge on any atom is 0.355 e. The number of hydrogen-bond acceptors (Lipinski definition) is 5. The van der Waals surface area contributed by atoms with Crippen LogP contribution in [0, 0.1) is 13.8 Å². The summed E-state index contributed by atoms with van der Waals surface area (Å²) in [5, 5.41) is 2.61. The second kappa shape index (κ2) is 8.36. The first-order valence-corrected chi connectivity index (χ1v) is 7.61. The molecule has 23 heavy (non-hydrogen) atoms. The van der Waals surface area contributed by atoms with Crippen molar-refractivity contribution in [3.63, 3.8) is 0 Å². The van der Waals surface area contributed by atoms with Gasteiger partial charge in [-0.2, -0.15) is 0 Å². The van der Waals surface area contributed by atoms with Gasteiger partial charge in [-0.3, -0.25) is 4.79 Å². The van der Waals surface area contributed by atoms with Gasteiger partial charge in [0.15, 0.2) is 6.61 Å². The van der Waals surface area contributed by atoms with Crippen LogP contribution in [0.1, 0.15) is 59.3 Å². The molecule has 0 aliphatic heterocycles. The Morgan fingerprint density at radius 1 is 1.17 bits per heavy atom. The Kier molecular flexibility index (Phi) is 6.81. The van der Waals surface area contributed by atoms with Crippen molar-refractivity contribution in [3.05, 3.63) is 22.5 Å². The van der Waals surface area contributed by atoms with Gasteiger partial charge in [0.05, 0.1) is 11.7 Å². The Hall–Kier alpha value is -2.31. The second-order valence-electron chi connectivity index (χ2n) is 5.51. The number of nitrogens with one attached hydrogen (secondary N) is 2. The molecule has 1 rings (SSSR count). The van der Waals surface area contributed by atoms with Crippen molar-refractivity contribution in [2.75, 3.05) is 13.2 Å². The lowest BCUT2D eigenvalue weighted by Crippen LogP contribution is -2.29. The normalized spacial score (nSPS) is 10.5. The molecule has 0 aliphatic rings. The van der Waals surface area contributed by atoms with Gasteiger partial charge in [-0.05, 0) is 39.7 Å². The van der Waals surface area contributed by atoms with Crippen molar-refractivity contribution in [1.29, 1.82) is 0 Å². The molecule has 0 atom stereocenters. The molecule has 7 nitrogen and oxygen atoms in total. The summed E-state index contributed by atoms with van der Waals surface area (Å²) in [6.45, 7) is 8.90. The topological polar surface area (TPSA) is 97.5 Å². The van der Waals surface area contributed by atoms with Gasteiger partial charge in [0.2, 0.25) is 0 Å². The molecule has 2 N–H and O–H groups in total. The first kappa shape index (κ1) is 18.7. The Bertz CT molecular complexity index is 590. The summed E-state index contributed by atoms with van der Waals surface area (Å²) in [6, 6.07) is 0. The molecule has 1 amide bonds. The highest BCUT2D eigenvalue weighted by Crippen LogP contribution is 2.20. The number of carbonyl (C=O) groups excluding carboxylic acids is 3. The van der Waals surface area contributed by atoms with E-state index in [2.05, 4.69) is 10.3 Å². The zero-order valence-electron chi connectivity index (χ0n) is 14.2. The van der Waals surface area contributed by atoms with E-state index in [-0.39, 0.29) is 24.3 Å². The molecule has 0 bridgehead atoms. The number of esters is 2. The van der Waals surface area contributed by atoms with Gasteiger partial charge in [0.25, 0.3) is 5.91 Å². The average molecular weight is 324 g/mol. The van der Waals surface area contributed by atoms with Crippen LogP contribution in [0.25, 0.3) is 0 Å². The van der Waals surface area contributed by atoms with Crippen LogP contribution in [0.2, 0.25) is 0 Å². The lowest BCUT2D eigenvalue weighted by molar-refractivity contribution is -0.124. The van der Waals surface area contributed by atoms with Crippen molar-refractivity contribution in [2.24, 2.45) is 0 Å². The molecule has 0 aliphatic carbocycles. The summed E-state index contributed by atoms with van der Waals surface area (Å²) in [5.74, 6) is -1.53. The Morgan fingerprint density at radius 2 is 1.83 bits per heavy atom. The molecule has 0 spiro atoms. The lowest BCUT2D eigenvalue weighted by Gasteiger charge is -2.08. The molecule has 0 saturated carbocycles. The van der Waals surface area contributed by atoms with E-state index >= 15 is 0 Å². The molecule has 7 heteroatoms. The number of ether oxygens (including phenoxy) is 2. The van der Waals surface area contributed by atoms with Gasteiger partial charge in [-0.15, -0.1) is 0 Å². The van der Waals surface area contributed by atoms with Crippen molar-refractivity contribution >= 4 is 17.8 Å². The average Bonchev–Trinajstić information content (AvgIpc) is 2.76. The van der Waals surface area contributed by atoms with Crippen molar-refractivity contribution in [3.8, 4) is 0 Å². The highest BCUT2D eigenvalue weighted by Gasteiger charge is 2.24. The smallest absolute Gasteiger partial charge is 0.355 e. The molecule has 128 valence electrons. The monoisotopic (exact) mass is 324 g/mol. The van der Waals surface area contributed by atoms with E-state index in [0.29, 0.717) is 23.4 Å². The number of aromatic nitrogens is 1. The number of carbonyl (C=O) groups is 3. The predicted octanol–water partition coefficient (Wildman–Crippen LogP) is 1.88. The number of aromatic amines is 1. The minimum absolute atomic E-state index is 0.154. The number of rotatable bonds is 7. The summed E-state index contributed by atoms with van der Waals surface area (Å²) >= 11 is 0. The number of amides is 1. The summed E-state index contributed by atoms with van der Waals surface area (Å²) in [4.78, 5) is 38.4. The highest BCUT2D eigenvalue weighted by atomic mass is 16.5. The molecular formula is C16H24N2O5. The van der Waals surface area contributed by atoms with Crippen LogP contribution in [0.15, 0.2) is 0 Å². The van der Waals surface area contributed by atoms with E-state index in [1.165, 1.54) is 0 Å². The summed E-state index contributed by atoms with van der Waals surface area (Å²) in [7, 11) is 0. The van der Waals surface area contributed by atoms with Gasteiger partial charge in [-0.25, -0.2) is 9.59 Å². The maximum atomic E-state index is 12.1. The van der Waals surface area contributed by atoms with Crippen LogP contribution in [0.5, 0.6) is 0 Å². The molecule has 0 radical (unpaired) electrons. The van der Waals surface area contributed by atoms with E-state index in [0.717, 1.165) is 6.42 Å². The summed E-state index contributed by atoms with van der Waals surface area (Å²) < 4.78 is 10.1. The van der Waals surface area contributed by atoms with E-state index in [4.69, 9.17) is 9.47 Å². The van der Waals surface area contributed by atoms with Gasteiger partial charge in [0.1, 0.15) is 5.69 Å². The van der Waals surface area contributed by atoms with Crippen LogP contribution in [-0.2, 0) is 14.3 Å². The van der Waals surface area contributed by atoms with Crippen molar-refractivity contribution < 1.29 is 23.9 Å². The zero-order chi connectivity index (χ0) is 17.6. The first-order valence-electron chi connectivity index (χ1n) is 7.61. The standard InChI is InChI=1S/C16H24N2O5/c1-6-7-17-12(19)8-22-16(21)14-10(4)13(11(5)18-14)15(20)23-9(2)3/h9,18H,6-8H2,1-5H3,(H,17,19). The van der Waals surface area contributed by atoms with E-state index in [1.54, 1.807) is 27.7 Å². The largest absolute Gasteiger partial charge is 0.459 e. The van der Waals surface area contributed by atoms with Gasteiger partial charge in [0, 0.05) is 12.2 Å². The number of hydrogen-bond donors (Lipinski definition) is 2. The second-order valence-corrected chi connectivity index (χ2v) is 5.51. The molecule has 1 heterocycles. The quantitative estimate of drug-likeness (QED) is 0.746. The number of H-pyrrole nitrogens is 1. The third-order valence-corrected chi connectivity index (χ3v) is 3.10. The minimum atomic E-state index is -0.680. The fourth-order valence-electron chi connectivity index (χ4n) is 2.05. The van der Waals surface area contributed by atoms with Crippen LogP contribution >= 0.6 is 0 Å². The highest BCUT2D eigenvalue weighted by molar-refractivity contribution is 5.99. The number of aryl methyl sites for hydroxylation is 1. The van der Waals surface area contributed by atoms with Gasteiger partial charge >= 0.3 is 11.9 Å². The zero-order valence-corrected chi connectivity index (χ0v) is 14.2. The van der Waals surface area contributed by atoms with Gasteiger partial charge in [-0.1, -0.05) is 6.92 Å². The van der Waals surface area contributed by atoms with Crippen LogP contribution in [0.3, 0.4) is 0 Å². The SMILES string of the molecule is CCCNC(=O)COC(=O)c1[nH]c(C)c(C(=O)OC(C)C)c1C. The minimum Gasteiger partial charge on any atom is -0.459 e. The Labute approximate surface area is 135 Å². The maximum absolute atomic E-state index is 12.1. The van der Waals surface area contributed by atoms with Crippen LogP contribution in [-0.4, -0.2) is 42.1 Å². The van der Waals surface area contributed by atoms with E-state index in [1.807, 2.05) is 6.92 Å². The Morgan fingerprint density at radius 3 is 2.39 bits per heavy atom. The molecule has 0 saturated heterocycles. The fourth-order valence-corrected chi connectivity index (χ4v) is 2.05. The molecular weight excluding hydrogens is 300 g/mol. The first-order chi connectivity index (χ1) is 10.8. The third kappa shape index (κ3) is 5.12. The van der Waals surface area contributed by atoms with Crippen LogP contribution in [0.4, 0.5) is 0 Å². The molecule has 0 aromatic carbocycles.